The highest BCUT2D eigenvalue weighted by Crippen LogP contribution is 2.30. The molecule has 102 valence electrons. The number of aryl methyl sites for hydroxylation is 2. The molecule has 0 bridgehead atoms. The first-order valence-electron chi connectivity index (χ1n) is 6.61. The van der Waals surface area contributed by atoms with Gasteiger partial charge in [0.05, 0.1) is 5.69 Å². The van der Waals surface area contributed by atoms with Crippen molar-refractivity contribution in [2.75, 3.05) is 0 Å². The van der Waals surface area contributed by atoms with Gasteiger partial charge in [0, 0.05) is 29.4 Å². The summed E-state index contributed by atoms with van der Waals surface area (Å²) in [5.41, 5.74) is 11.3. The summed E-state index contributed by atoms with van der Waals surface area (Å²) in [5.74, 6) is 0. The number of nitrogens with zero attached hydrogens (tertiary/aromatic N) is 2. The minimum Gasteiger partial charge on any atom is -0.326 e. The number of benzene rings is 1. The van der Waals surface area contributed by atoms with Gasteiger partial charge in [-0.1, -0.05) is 24.6 Å². The van der Waals surface area contributed by atoms with Crippen LogP contribution < -0.4 is 5.73 Å². The van der Waals surface area contributed by atoms with Crippen molar-refractivity contribution in [1.82, 2.24) is 9.78 Å². The number of hydrogen-bond acceptors (Lipinski definition) is 2. The molecular weight excluding hydrogens is 258 g/mol. The average Bonchev–Trinajstić information content (AvgIpc) is 2.66. The summed E-state index contributed by atoms with van der Waals surface area (Å²) in [6.07, 6.45) is 1.08. The first kappa shape index (κ1) is 14.1. The lowest BCUT2D eigenvalue weighted by Gasteiger charge is -2.07. The van der Waals surface area contributed by atoms with Crippen molar-refractivity contribution in [2.45, 2.75) is 40.3 Å². The molecule has 4 heteroatoms. The van der Waals surface area contributed by atoms with Crippen molar-refractivity contribution in [2.24, 2.45) is 5.73 Å². The first-order chi connectivity index (χ1) is 9.08. The Labute approximate surface area is 119 Å². The molecule has 0 unspecified atom stereocenters. The van der Waals surface area contributed by atoms with Gasteiger partial charge >= 0.3 is 0 Å². The molecule has 0 saturated carbocycles. The van der Waals surface area contributed by atoms with Crippen LogP contribution in [-0.4, -0.2) is 9.78 Å². The predicted molar refractivity (Wildman–Crippen MR) is 80.3 cm³/mol. The van der Waals surface area contributed by atoms with Crippen LogP contribution in [0.5, 0.6) is 0 Å². The van der Waals surface area contributed by atoms with E-state index in [1.165, 1.54) is 11.3 Å². The Bertz CT molecular complexity index is 587. The molecule has 0 amide bonds. The molecule has 2 rings (SSSR count). The standard InChI is InChI=1S/C15H20ClN3/c1-4-7-19-11(3)15(10(2)18-19)12-5-6-14(16)13(8-12)9-17/h5-6,8H,4,7,9,17H2,1-3H3. The molecule has 19 heavy (non-hydrogen) atoms. The SMILES string of the molecule is CCCn1nc(C)c(-c2ccc(Cl)c(CN)c2)c1C. The summed E-state index contributed by atoms with van der Waals surface area (Å²) >= 11 is 6.12. The Morgan fingerprint density at radius 2 is 2.05 bits per heavy atom. The van der Waals surface area contributed by atoms with Crippen LogP contribution in [0.15, 0.2) is 18.2 Å². The molecule has 1 aromatic carbocycles. The molecule has 1 heterocycles. The van der Waals surface area contributed by atoms with E-state index in [1.807, 2.05) is 19.1 Å². The van der Waals surface area contributed by atoms with Crippen molar-refractivity contribution >= 4 is 11.6 Å². The zero-order chi connectivity index (χ0) is 14.0. The van der Waals surface area contributed by atoms with Gasteiger partial charge in [0.25, 0.3) is 0 Å². The second kappa shape index (κ2) is 5.76. The minimum absolute atomic E-state index is 0.452. The summed E-state index contributed by atoms with van der Waals surface area (Å²) in [6.45, 7) is 7.72. The number of halogens is 1. The van der Waals surface area contributed by atoms with Gasteiger partial charge in [-0.05, 0) is 43.5 Å². The van der Waals surface area contributed by atoms with E-state index in [2.05, 4.69) is 29.7 Å². The van der Waals surface area contributed by atoms with Gasteiger partial charge in [0.1, 0.15) is 0 Å². The summed E-state index contributed by atoms with van der Waals surface area (Å²) in [5, 5.41) is 5.33. The Hall–Kier alpha value is -1.32. The van der Waals surface area contributed by atoms with Gasteiger partial charge in [-0.25, -0.2) is 0 Å². The summed E-state index contributed by atoms with van der Waals surface area (Å²) in [4.78, 5) is 0. The highest BCUT2D eigenvalue weighted by Gasteiger charge is 2.14. The molecule has 0 spiro atoms. The second-order valence-electron chi connectivity index (χ2n) is 4.78. The van der Waals surface area contributed by atoms with Crippen molar-refractivity contribution in [3.8, 4) is 11.1 Å². The summed E-state index contributed by atoms with van der Waals surface area (Å²) in [6, 6.07) is 6.01. The molecule has 0 aliphatic heterocycles. The van der Waals surface area contributed by atoms with Crippen molar-refractivity contribution in [3.63, 3.8) is 0 Å². The molecule has 0 radical (unpaired) electrons. The van der Waals surface area contributed by atoms with Crippen molar-refractivity contribution < 1.29 is 0 Å². The van der Waals surface area contributed by atoms with Crippen LogP contribution in [0.4, 0.5) is 0 Å². The van der Waals surface area contributed by atoms with Crippen LogP contribution in [0.1, 0.15) is 30.3 Å². The van der Waals surface area contributed by atoms with Crippen LogP contribution >= 0.6 is 11.6 Å². The van der Waals surface area contributed by atoms with Crippen LogP contribution in [0, 0.1) is 13.8 Å². The number of hydrogen-bond donors (Lipinski definition) is 1. The van der Waals surface area contributed by atoms with Gasteiger partial charge < -0.3 is 5.73 Å². The third kappa shape index (κ3) is 2.67. The number of aromatic nitrogens is 2. The third-order valence-electron chi connectivity index (χ3n) is 3.37. The fourth-order valence-corrected chi connectivity index (χ4v) is 2.63. The van der Waals surface area contributed by atoms with E-state index in [-0.39, 0.29) is 0 Å². The maximum absolute atomic E-state index is 6.12. The fraction of sp³-hybridized carbons (Fsp3) is 0.400. The van der Waals surface area contributed by atoms with Crippen LogP contribution in [-0.2, 0) is 13.1 Å². The first-order valence-corrected chi connectivity index (χ1v) is 6.99. The zero-order valence-corrected chi connectivity index (χ0v) is 12.5. The highest BCUT2D eigenvalue weighted by atomic mass is 35.5. The monoisotopic (exact) mass is 277 g/mol. The molecule has 0 atom stereocenters. The van der Waals surface area contributed by atoms with E-state index in [9.17, 15) is 0 Å². The largest absolute Gasteiger partial charge is 0.326 e. The topological polar surface area (TPSA) is 43.8 Å². The molecule has 2 N–H and O–H groups in total. The lowest BCUT2D eigenvalue weighted by Crippen LogP contribution is -2.01. The Morgan fingerprint density at radius 1 is 1.32 bits per heavy atom. The smallest absolute Gasteiger partial charge is 0.0674 e. The molecule has 0 fully saturated rings. The molecule has 0 saturated heterocycles. The van der Waals surface area contributed by atoms with Gasteiger partial charge in [0.15, 0.2) is 0 Å². The molecule has 2 aromatic rings. The van der Waals surface area contributed by atoms with Crippen molar-refractivity contribution in [1.29, 1.82) is 0 Å². The Kier molecular flexibility index (Phi) is 4.27. The Morgan fingerprint density at radius 3 is 2.68 bits per heavy atom. The maximum Gasteiger partial charge on any atom is 0.0674 e. The van der Waals surface area contributed by atoms with E-state index in [0.717, 1.165) is 34.8 Å². The molecule has 1 aromatic heterocycles. The lowest BCUT2D eigenvalue weighted by atomic mass is 10.0. The predicted octanol–water partition coefficient (Wildman–Crippen LogP) is 3.69. The van der Waals surface area contributed by atoms with E-state index >= 15 is 0 Å². The average molecular weight is 278 g/mol. The van der Waals surface area contributed by atoms with Crippen LogP contribution in [0.3, 0.4) is 0 Å². The quantitative estimate of drug-likeness (QED) is 0.926. The number of nitrogens with two attached hydrogens (primary N) is 1. The molecular formula is C15H20ClN3. The van der Waals surface area contributed by atoms with Gasteiger partial charge in [-0.3, -0.25) is 4.68 Å². The Balaban J connectivity index is 2.52. The lowest BCUT2D eigenvalue weighted by molar-refractivity contribution is 0.583. The minimum atomic E-state index is 0.452. The van der Waals surface area contributed by atoms with E-state index in [4.69, 9.17) is 17.3 Å². The van der Waals surface area contributed by atoms with Gasteiger partial charge in [0.2, 0.25) is 0 Å². The third-order valence-corrected chi connectivity index (χ3v) is 3.74. The second-order valence-corrected chi connectivity index (χ2v) is 5.19. The summed E-state index contributed by atoms with van der Waals surface area (Å²) in [7, 11) is 0. The molecule has 3 nitrogen and oxygen atoms in total. The van der Waals surface area contributed by atoms with E-state index in [1.54, 1.807) is 0 Å². The van der Waals surface area contributed by atoms with Crippen LogP contribution in [0.25, 0.3) is 11.1 Å². The van der Waals surface area contributed by atoms with E-state index < -0.39 is 0 Å². The highest BCUT2D eigenvalue weighted by molar-refractivity contribution is 6.31. The summed E-state index contributed by atoms with van der Waals surface area (Å²) < 4.78 is 2.07. The van der Waals surface area contributed by atoms with E-state index in [0.29, 0.717) is 6.54 Å². The maximum atomic E-state index is 6.12. The number of rotatable bonds is 4. The fourth-order valence-electron chi connectivity index (χ4n) is 2.43. The molecule has 0 aliphatic rings. The zero-order valence-electron chi connectivity index (χ0n) is 11.7. The van der Waals surface area contributed by atoms with Gasteiger partial charge in [-0.15, -0.1) is 0 Å². The van der Waals surface area contributed by atoms with Crippen molar-refractivity contribution in [3.05, 3.63) is 40.2 Å². The molecule has 0 aliphatic carbocycles. The normalized spacial score (nSPS) is 11.0. The van der Waals surface area contributed by atoms with Gasteiger partial charge in [-0.2, -0.15) is 5.10 Å². The van der Waals surface area contributed by atoms with Crippen LogP contribution in [0.2, 0.25) is 5.02 Å².